The van der Waals surface area contributed by atoms with E-state index in [2.05, 4.69) is 6.58 Å². The Kier molecular flexibility index (Phi) is 3.22. The van der Waals surface area contributed by atoms with E-state index in [1.54, 1.807) is 6.92 Å². The molecule has 0 radical (unpaired) electrons. The monoisotopic (exact) mass is 214 g/mol. The van der Waals surface area contributed by atoms with E-state index in [0.29, 0.717) is 6.42 Å². The highest BCUT2D eigenvalue weighted by atomic mass is 19.2. The first-order valence-corrected chi connectivity index (χ1v) is 4.73. The Bertz CT molecular complexity index is 390. The van der Waals surface area contributed by atoms with Gasteiger partial charge in [-0.3, -0.25) is 0 Å². The highest BCUT2D eigenvalue weighted by Gasteiger charge is 2.21. The van der Waals surface area contributed by atoms with E-state index in [1.165, 1.54) is 13.8 Å². The second-order valence-corrected chi connectivity index (χ2v) is 3.52. The molecule has 0 aliphatic rings. The molecule has 0 bridgehead atoms. The van der Waals surface area contributed by atoms with E-state index >= 15 is 0 Å². The van der Waals surface area contributed by atoms with Gasteiger partial charge in [0.1, 0.15) is 5.82 Å². The molecule has 15 heavy (non-hydrogen) atoms. The Hall–Kier alpha value is -1.25. The fourth-order valence-corrected chi connectivity index (χ4v) is 1.37. The van der Waals surface area contributed by atoms with Gasteiger partial charge in [0.2, 0.25) is 0 Å². The van der Waals surface area contributed by atoms with E-state index in [0.717, 1.165) is 0 Å². The Morgan fingerprint density at radius 1 is 1.00 bits per heavy atom. The van der Waals surface area contributed by atoms with E-state index in [4.69, 9.17) is 0 Å². The molecule has 3 heteroatoms. The minimum atomic E-state index is -1.14. The molecule has 0 heterocycles. The van der Waals surface area contributed by atoms with Crippen LogP contribution >= 0.6 is 0 Å². The van der Waals surface area contributed by atoms with Crippen LogP contribution in [0.15, 0.2) is 6.58 Å². The van der Waals surface area contributed by atoms with Crippen molar-refractivity contribution >= 4 is 5.57 Å². The molecule has 0 aliphatic heterocycles. The number of rotatable bonds is 2. The van der Waals surface area contributed by atoms with Crippen LogP contribution in [-0.2, 0) is 0 Å². The molecule has 0 N–H and O–H groups in total. The van der Waals surface area contributed by atoms with Crippen LogP contribution < -0.4 is 0 Å². The van der Waals surface area contributed by atoms with Crippen LogP contribution in [0.1, 0.15) is 30.0 Å². The summed E-state index contributed by atoms with van der Waals surface area (Å²) in [4.78, 5) is 0. The van der Waals surface area contributed by atoms with Crippen LogP contribution in [0.3, 0.4) is 0 Å². The first-order chi connectivity index (χ1) is 6.91. The van der Waals surface area contributed by atoms with Gasteiger partial charge < -0.3 is 0 Å². The number of halogens is 3. The van der Waals surface area contributed by atoms with Crippen molar-refractivity contribution in [2.24, 2.45) is 0 Å². The summed E-state index contributed by atoms with van der Waals surface area (Å²) in [7, 11) is 0. The van der Waals surface area contributed by atoms with Gasteiger partial charge in [-0.15, -0.1) is 0 Å². The molecule has 0 aromatic heterocycles. The molecule has 0 atom stereocenters. The van der Waals surface area contributed by atoms with Crippen molar-refractivity contribution in [2.45, 2.75) is 27.2 Å². The van der Waals surface area contributed by atoms with Crippen LogP contribution in [-0.4, -0.2) is 0 Å². The minimum Gasteiger partial charge on any atom is -0.206 e. The summed E-state index contributed by atoms with van der Waals surface area (Å²) in [5.41, 5.74) is 0.0984. The molecule has 1 rings (SSSR count). The molecule has 0 spiro atoms. The zero-order valence-corrected chi connectivity index (χ0v) is 9.05. The lowest BCUT2D eigenvalue weighted by molar-refractivity contribution is 0.482. The Labute approximate surface area is 87.4 Å². The molecule has 82 valence electrons. The van der Waals surface area contributed by atoms with Gasteiger partial charge in [0.25, 0.3) is 0 Å². The molecule has 0 aliphatic carbocycles. The zero-order chi connectivity index (χ0) is 11.7. The number of benzene rings is 1. The van der Waals surface area contributed by atoms with Crippen molar-refractivity contribution in [3.8, 4) is 0 Å². The van der Waals surface area contributed by atoms with Crippen molar-refractivity contribution < 1.29 is 13.2 Å². The fourth-order valence-electron chi connectivity index (χ4n) is 1.37. The quantitative estimate of drug-likeness (QED) is 0.649. The molecule has 0 nitrogen and oxygen atoms in total. The molecule has 1 aromatic rings. The molecule has 0 unspecified atom stereocenters. The van der Waals surface area contributed by atoms with Crippen LogP contribution in [0.2, 0.25) is 0 Å². The van der Waals surface area contributed by atoms with E-state index in [9.17, 15) is 13.2 Å². The summed E-state index contributed by atoms with van der Waals surface area (Å²) in [6.07, 6.45) is 0.385. The number of hydrogen-bond donors (Lipinski definition) is 0. The van der Waals surface area contributed by atoms with Crippen LogP contribution in [0.4, 0.5) is 13.2 Å². The molecular weight excluding hydrogens is 201 g/mol. The largest absolute Gasteiger partial charge is 0.206 e. The lowest BCUT2D eigenvalue weighted by atomic mass is 9.97. The lowest BCUT2D eigenvalue weighted by Gasteiger charge is -2.12. The van der Waals surface area contributed by atoms with Crippen molar-refractivity contribution in [3.05, 3.63) is 40.7 Å². The second-order valence-electron chi connectivity index (χ2n) is 3.52. The van der Waals surface area contributed by atoms with Crippen molar-refractivity contribution in [1.82, 2.24) is 0 Å². The topological polar surface area (TPSA) is 0 Å². The minimum absolute atomic E-state index is 0.0117. The number of allylic oxidation sites excluding steroid dienone is 1. The van der Waals surface area contributed by atoms with Gasteiger partial charge in [-0.05, 0) is 37.0 Å². The first-order valence-electron chi connectivity index (χ1n) is 4.73. The maximum absolute atomic E-state index is 13.7. The van der Waals surface area contributed by atoms with Gasteiger partial charge in [0.05, 0.1) is 5.56 Å². The highest BCUT2D eigenvalue weighted by molar-refractivity contribution is 5.65. The highest BCUT2D eigenvalue weighted by Crippen LogP contribution is 2.29. The summed E-state index contributed by atoms with van der Waals surface area (Å²) >= 11 is 0. The van der Waals surface area contributed by atoms with Gasteiger partial charge in [-0.25, -0.2) is 13.2 Å². The SMILES string of the molecule is C=C(CC)c1c(F)c(C)c(C)c(F)c1F. The standard InChI is InChI=1S/C12H13F3/c1-5-6(2)9-10(13)7(3)8(4)11(14)12(9)15/h2,5H2,1,3-4H3. The van der Waals surface area contributed by atoms with E-state index < -0.39 is 17.5 Å². The maximum atomic E-state index is 13.7. The van der Waals surface area contributed by atoms with Crippen LogP contribution in [0.5, 0.6) is 0 Å². The lowest BCUT2D eigenvalue weighted by Crippen LogP contribution is -2.04. The summed E-state index contributed by atoms with van der Waals surface area (Å²) < 4.78 is 40.5. The zero-order valence-electron chi connectivity index (χ0n) is 9.05. The van der Waals surface area contributed by atoms with Gasteiger partial charge >= 0.3 is 0 Å². The average Bonchev–Trinajstić information content (AvgIpc) is 2.23. The van der Waals surface area contributed by atoms with Crippen molar-refractivity contribution in [2.75, 3.05) is 0 Å². The molecule has 0 fully saturated rings. The van der Waals surface area contributed by atoms with Crippen molar-refractivity contribution in [3.63, 3.8) is 0 Å². The smallest absolute Gasteiger partial charge is 0.169 e. The van der Waals surface area contributed by atoms with Crippen LogP contribution in [0, 0.1) is 31.3 Å². The summed E-state index contributed by atoms with van der Waals surface area (Å²) in [5, 5.41) is 0. The molecule has 0 saturated carbocycles. The molecule has 0 saturated heterocycles. The molecule has 1 aromatic carbocycles. The fraction of sp³-hybridized carbons (Fsp3) is 0.333. The van der Waals surface area contributed by atoms with E-state index in [-0.39, 0.29) is 22.3 Å². The Morgan fingerprint density at radius 3 is 1.93 bits per heavy atom. The van der Waals surface area contributed by atoms with Gasteiger partial charge in [0.15, 0.2) is 11.6 Å². The number of hydrogen-bond acceptors (Lipinski definition) is 0. The predicted molar refractivity (Wildman–Crippen MR) is 55.1 cm³/mol. The molecular formula is C12H13F3. The van der Waals surface area contributed by atoms with Crippen molar-refractivity contribution in [1.29, 1.82) is 0 Å². The summed E-state index contributed by atoms with van der Waals surface area (Å²) in [6, 6.07) is 0. The predicted octanol–water partition coefficient (Wildman–Crippen LogP) is 4.14. The normalized spacial score (nSPS) is 10.5. The van der Waals surface area contributed by atoms with Gasteiger partial charge in [-0.1, -0.05) is 13.5 Å². The van der Waals surface area contributed by atoms with Gasteiger partial charge in [-0.2, -0.15) is 0 Å². The maximum Gasteiger partial charge on any atom is 0.169 e. The van der Waals surface area contributed by atoms with Gasteiger partial charge in [0, 0.05) is 0 Å². The third-order valence-electron chi connectivity index (χ3n) is 2.63. The Balaban J connectivity index is 3.60. The summed E-state index contributed by atoms with van der Waals surface area (Å²) in [5.74, 6) is -2.83. The Morgan fingerprint density at radius 2 is 1.47 bits per heavy atom. The van der Waals surface area contributed by atoms with Crippen LogP contribution in [0.25, 0.3) is 5.57 Å². The molecule has 0 amide bonds. The first kappa shape index (κ1) is 11.8. The third-order valence-corrected chi connectivity index (χ3v) is 2.63. The van der Waals surface area contributed by atoms with E-state index in [1.807, 2.05) is 0 Å². The third kappa shape index (κ3) is 1.78. The second kappa shape index (κ2) is 4.09. The average molecular weight is 214 g/mol. The summed E-state index contributed by atoms with van der Waals surface area (Å²) in [6.45, 7) is 8.03.